The molecule has 0 saturated carbocycles. The van der Waals surface area contributed by atoms with Gasteiger partial charge in [0.05, 0.1) is 17.4 Å². The molecule has 0 saturated heterocycles. The molecule has 0 unspecified atom stereocenters. The number of hydrogen-bond donors (Lipinski definition) is 2. The molecular weight excluding hydrogens is 222 g/mol. The van der Waals surface area contributed by atoms with E-state index >= 15 is 0 Å². The summed E-state index contributed by atoms with van der Waals surface area (Å²) in [5.41, 5.74) is 8.57. The normalized spacial score (nSPS) is 10.6. The molecule has 0 aliphatic rings. The summed E-state index contributed by atoms with van der Waals surface area (Å²) in [6.07, 6.45) is 1.51. The molecule has 16 heavy (non-hydrogen) atoms. The van der Waals surface area contributed by atoms with Crippen LogP contribution >= 0.6 is 12.2 Å². The Morgan fingerprint density at radius 3 is 3.06 bits per heavy atom. The van der Waals surface area contributed by atoms with Crippen molar-refractivity contribution in [1.82, 2.24) is 14.5 Å². The average Bonchev–Trinajstić information content (AvgIpc) is 2.54. The van der Waals surface area contributed by atoms with E-state index in [9.17, 15) is 0 Å². The summed E-state index contributed by atoms with van der Waals surface area (Å²) < 4.78 is 2.44. The number of aromatic nitrogens is 3. The first kappa shape index (κ1) is 10.8. The second-order valence-corrected chi connectivity index (χ2v) is 3.83. The monoisotopic (exact) mass is 233 g/mol. The van der Waals surface area contributed by atoms with Crippen LogP contribution in [-0.4, -0.2) is 21.1 Å². The third-order valence-electron chi connectivity index (χ3n) is 2.58. The molecular formula is C10H11N5S. The van der Waals surface area contributed by atoms with Crippen molar-refractivity contribution in [2.24, 2.45) is 5.73 Å². The van der Waals surface area contributed by atoms with Crippen molar-refractivity contribution in [3.05, 3.63) is 22.2 Å². The molecule has 0 bridgehead atoms. The van der Waals surface area contributed by atoms with Crippen molar-refractivity contribution in [1.29, 1.82) is 5.26 Å². The van der Waals surface area contributed by atoms with Gasteiger partial charge in [-0.3, -0.25) is 0 Å². The van der Waals surface area contributed by atoms with Crippen molar-refractivity contribution < 1.29 is 0 Å². The number of nitriles is 1. The largest absolute Gasteiger partial charge is 0.343 e. The maximum Gasteiger partial charge on any atom is 0.153 e. The zero-order valence-electron chi connectivity index (χ0n) is 8.82. The fraction of sp³-hybridized carbons (Fsp3) is 0.300. The third-order valence-corrected chi connectivity index (χ3v) is 2.88. The van der Waals surface area contributed by atoms with Crippen LogP contribution in [0.15, 0.2) is 6.33 Å². The minimum absolute atomic E-state index is 0.492. The van der Waals surface area contributed by atoms with Gasteiger partial charge >= 0.3 is 0 Å². The van der Waals surface area contributed by atoms with Crippen molar-refractivity contribution in [2.75, 3.05) is 6.54 Å². The Balaban J connectivity index is 2.94. The highest BCUT2D eigenvalue weighted by atomic mass is 32.1. The molecule has 82 valence electrons. The lowest BCUT2D eigenvalue weighted by Crippen LogP contribution is -2.11. The van der Waals surface area contributed by atoms with Gasteiger partial charge in [-0.2, -0.15) is 5.26 Å². The quantitative estimate of drug-likeness (QED) is 0.764. The molecule has 3 N–H and O–H groups in total. The highest BCUT2D eigenvalue weighted by molar-refractivity contribution is 7.71. The number of nitrogens with one attached hydrogen (secondary N) is 1. The van der Waals surface area contributed by atoms with E-state index in [0.29, 0.717) is 23.3 Å². The molecule has 0 amide bonds. The van der Waals surface area contributed by atoms with Crippen LogP contribution < -0.4 is 5.73 Å². The number of aromatic amines is 1. The summed E-state index contributed by atoms with van der Waals surface area (Å²) in [5, 5.41) is 9.12. The van der Waals surface area contributed by atoms with E-state index in [4.69, 9.17) is 23.2 Å². The van der Waals surface area contributed by atoms with E-state index in [2.05, 4.69) is 16.0 Å². The Hall–Kier alpha value is -1.71. The van der Waals surface area contributed by atoms with Gasteiger partial charge < -0.3 is 15.3 Å². The Morgan fingerprint density at radius 1 is 1.69 bits per heavy atom. The maximum atomic E-state index is 9.12. The first-order valence-corrected chi connectivity index (χ1v) is 5.28. The fourth-order valence-electron chi connectivity index (χ4n) is 1.86. The predicted molar refractivity (Wildman–Crippen MR) is 63.4 cm³/mol. The van der Waals surface area contributed by atoms with Crippen LogP contribution in [0.2, 0.25) is 0 Å². The van der Waals surface area contributed by atoms with E-state index < -0.39 is 0 Å². The number of nitrogens with two attached hydrogens (primary N) is 1. The van der Waals surface area contributed by atoms with Crippen molar-refractivity contribution in [3.8, 4) is 6.07 Å². The number of nitrogens with zero attached hydrogens (tertiary/aromatic N) is 3. The lowest BCUT2D eigenvalue weighted by Gasteiger charge is -2.04. The number of H-pyrrole nitrogens is 1. The highest BCUT2D eigenvalue weighted by Crippen LogP contribution is 2.23. The molecule has 0 aliphatic heterocycles. The summed E-state index contributed by atoms with van der Waals surface area (Å²) >= 11 is 5.17. The van der Waals surface area contributed by atoms with Gasteiger partial charge in [0.1, 0.15) is 11.6 Å². The minimum atomic E-state index is 0.492. The first-order valence-electron chi connectivity index (χ1n) is 4.87. The van der Waals surface area contributed by atoms with Crippen LogP contribution in [0, 0.1) is 22.9 Å². The molecule has 0 radical (unpaired) electrons. The van der Waals surface area contributed by atoms with Crippen LogP contribution in [0.4, 0.5) is 0 Å². The summed E-state index contributed by atoms with van der Waals surface area (Å²) in [6, 6.07) is 2.18. The Labute approximate surface area is 97.5 Å². The van der Waals surface area contributed by atoms with Gasteiger partial charge in [0, 0.05) is 18.8 Å². The molecule has 2 heterocycles. The standard InChI is InChI=1S/C10H11N5S/c1-6-7(4-12)8-9(15(6)3-2-11)10(16)14-5-13-8/h5H,2-3,11H2,1H3,(H,13,14,16). The summed E-state index contributed by atoms with van der Waals surface area (Å²) in [6.45, 7) is 3.02. The first-order chi connectivity index (χ1) is 7.70. The predicted octanol–water partition coefficient (Wildman–Crippen LogP) is 1.23. The van der Waals surface area contributed by atoms with E-state index in [1.165, 1.54) is 6.33 Å². The zero-order chi connectivity index (χ0) is 11.7. The Kier molecular flexibility index (Phi) is 2.73. The van der Waals surface area contributed by atoms with Gasteiger partial charge in [0.25, 0.3) is 0 Å². The lowest BCUT2D eigenvalue weighted by molar-refractivity contribution is 0.712. The van der Waals surface area contributed by atoms with Crippen LogP contribution in [-0.2, 0) is 6.54 Å². The van der Waals surface area contributed by atoms with Gasteiger partial charge in [0.15, 0.2) is 4.64 Å². The molecule has 0 aliphatic carbocycles. The molecule has 2 aromatic heterocycles. The second-order valence-electron chi connectivity index (χ2n) is 3.44. The second kappa shape index (κ2) is 4.04. The van der Waals surface area contributed by atoms with Crippen molar-refractivity contribution in [3.63, 3.8) is 0 Å². The molecule has 6 heteroatoms. The van der Waals surface area contributed by atoms with E-state index in [1.54, 1.807) is 0 Å². The van der Waals surface area contributed by atoms with Gasteiger partial charge in [0.2, 0.25) is 0 Å². The molecule has 0 atom stereocenters. The maximum absolute atomic E-state index is 9.12. The smallest absolute Gasteiger partial charge is 0.153 e. The van der Waals surface area contributed by atoms with E-state index in [1.807, 2.05) is 11.5 Å². The average molecular weight is 233 g/mol. The van der Waals surface area contributed by atoms with Crippen LogP contribution in [0.1, 0.15) is 11.3 Å². The van der Waals surface area contributed by atoms with Gasteiger partial charge in [-0.05, 0) is 6.92 Å². The van der Waals surface area contributed by atoms with E-state index in [-0.39, 0.29) is 0 Å². The highest BCUT2D eigenvalue weighted by Gasteiger charge is 2.14. The number of rotatable bonds is 2. The zero-order valence-corrected chi connectivity index (χ0v) is 9.64. The molecule has 2 rings (SSSR count). The van der Waals surface area contributed by atoms with Crippen LogP contribution in [0.25, 0.3) is 11.0 Å². The third kappa shape index (κ3) is 1.41. The summed E-state index contributed by atoms with van der Waals surface area (Å²) in [5.74, 6) is 0. The Morgan fingerprint density at radius 2 is 2.44 bits per heavy atom. The SMILES string of the molecule is Cc1c(C#N)c2[nH]cnc(=S)c2n1CCN. The molecule has 0 aromatic carbocycles. The van der Waals surface area contributed by atoms with Crippen molar-refractivity contribution >= 4 is 23.3 Å². The fourth-order valence-corrected chi connectivity index (χ4v) is 2.13. The molecule has 2 aromatic rings. The number of fused-ring (bicyclic) bond motifs is 1. The van der Waals surface area contributed by atoms with Gasteiger partial charge in [-0.15, -0.1) is 0 Å². The van der Waals surface area contributed by atoms with Crippen LogP contribution in [0.5, 0.6) is 0 Å². The van der Waals surface area contributed by atoms with Crippen molar-refractivity contribution in [2.45, 2.75) is 13.5 Å². The number of hydrogen-bond acceptors (Lipinski definition) is 4. The lowest BCUT2D eigenvalue weighted by atomic mass is 10.2. The molecule has 5 nitrogen and oxygen atoms in total. The van der Waals surface area contributed by atoms with Gasteiger partial charge in [-0.1, -0.05) is 12.2 Å². The minimum Gasteiger partial charge on any atom is -0.343 e. The molecule has 0 spiro atoms. The van der Waals surface area contributed by atoms with Gasteiger partial charge in [-0.25, -0.2) is 4.98 Å². The van der Waals surface area contributed by atoms with Crippen LogP contribution in [0.3, 0.4) is 0 Å². The summed E-state index contributed by atoms with van der Waals surface area (Å²) in [4.78, 5) is 7.00. The Bertz CT molecular complexity index is 631. The van der Waals surface area contributed by atoms with E-state index in [0.717, 1.165) is 16.7 Å². The topological polar surface area (TPSA) is 83.4 Å². The molecule has 0 fully saturated rings. The summed E-state index contributed by atoms with van der Waals surface area (Å²) in [7, 11) is 0.